The zero-order chi connectivity index (χ0) is 14.0. The summed E-state index contributed by atoms with van der Waals surface area (Å²) in [5.41, 5.74) is -0.0283. The van der Waals surface area contributed by atoms with Crippen LogP contribution in [-0.4, -0.2) is 24.0 Å². The number of benzene rings is 1. The average Bonchev–Trinajstić information content (AvgIpc) is 2.25. The molecule has 1 unspecified atom stereocenters. The molecular formula is C13H15F3N2O. The third-order valence-electron chi connectivity index (χ3n) is 3.22. The number of carbonyl (C=O) groups is 1. The fourth-order valence-corrected chi connectivity index (χ4v) is 1.84. The van der Waals surface area contributed by atoms with Crippen molar-refractivity contribution in [2.45, 2.75) is 25.6 Å². The molecule has 1 fully saturated rings. The van der Waals surface area contributed by atoms with Crippen LogP contribution in [0, 0.1) is 0 Å². The minimum absolute atomic E-state index is 0.168. The second-order valence-electron chi connectivity index (χ2n) is 4.63. The largest absolute Gasteiger partial charge is 0.416 e. The summed E-state index contributed by atoms with van der Waals surface area (Å²) < 4.78 is 37.2. The van der Waals surface area contributed by atoms with Gasteiger partial charge in [-0.05, 0) is 31.0 Å². The van der Waals surface area contributed by atoms with Crippen LogP contribution < -0.4 is 5.32 Å². The predicted octanol–water partition coefficient (Wildman–Crippen LogP) is 3.18. The number of urea groups is 1. The highest BCUT2D eigenvalue weighted by atomic mass is 19.4. The Kier molecular flexibility index (Phi) is 3.68. The number of likely N-dealkylation sites (tertiary alicyclic amines) is 1. The molecule has 1 aliphatic heterocycles. The molecule has 1 heterocycles. The molecule has 1 aliphatic rings. The molecule has 0 bridgehead atoms. The summed E-state index contributed by atoms with van der Waals surface area (Å²) in [5, 5.41) is 2.76. The Labute approximate surface area is 109 Å². The molecule has 104 valence electrons. The van der Waals surface area contributed by atoms with Crippen molar-refractivity contribution < 1.29 is 18.0 Å². The van der Waals surface area contributed by atoms with Gasteiger partial charge in [-0.25, -0.2) is 4.79 Å². The summed E-state index contributed by atoms with van der Waals surface area (Å²) >= 11 is 0. The third kappa shape index (κ3) is 3.19. The number of rotatable bonds is 2. The lowest BCUT2D eigenvalue weighted by atomic mass is 10.1. The molecule has 1 saturated heterocycles. The molecule has 3 nitrogen and oxygen atoms in total. The molecule has 0 radical (unpaired) electrons. The van der Waals surface area contributed by atoms with Crippen molar-refractivity contribution in [3.8, 4) is 0 Å². The summed E-state index contributed by atoms with van der Waals surface area (Å²) in [6.45, 7) is 3.23. The van der Waals surface area contributed by atoms with Crippen LogP contribution in [0.5, 0.6) is 0 Å². The van der Waals surface area contributed by atoms with Crippen molar-refractivity contribution in [3.63, 3.8) is 0 Å². The van der Waals surface area contributed by atoms with Crippen molar-refractivity contribution in [1.29, 1.82) is 0 Å². The van der Waals surface area contributed by atoms with Crippen LogP contribution in [0.4, 0.5) is 18.0 Å². The van der Waals surface area contributed by atoms with Crippen LogP contribution in [0.15, 0.2) is 24.3 Å². The van der Waals surface area contributed by atoms with Crippen molar-refractivity contribution >= 4 is 6.03 Å². The van der Waals surface area contributed by atoms with Gasteiger partial charge in [-0.15, -0.1) is 0 Å². The summed E-state index contributed by atoms with van der Waals surface area (Å²) in [4.78, 5) is 13.3. The number of hydrogen-bond donors (Lipinski definition) is 1. The number of nitrogens with zero attached hydrogens (tertiary/aromatic N) is 1. The molecule has 2 rings (SSSR count). The summed E-state index contributed by atoms with van der Waals surface area (Å²) in [7, 11) is 0. The standard InChI is InChI=1S/C13H15F3N2O/c1-9(17-12(19)18-7-2-8-18)10-3-5-11(6-4-10)13(14,15)16/h3-6,9H,2,7-8H2,1H3,(H,17,19). The van der Waals surface area contributed by atoms with Gasteiger partial charge in [0.2, 0.25) is 0 Å². The molecule has 0 aromatic heterocycles. The molecule has 0 aliphatic carbocycles. The van der Waals surface area contributed by atoms with Gasteiger partial charge in [-0.1, -0.05) is 12.1 Å². The zero-order valence-corrected chi connectivity index (χ0v) is 10.5. The van der Waals surface area contributed by atoms with Crippen molar-refractivity contribution in [3.05, 3.63) is 35.4 Å². The zero-order valence-electron chi connectivity index (χ0n) is 10.5. The summed E-state index contributed by atoms with van der Waals surface area (Å²) in [6.07, 6.45) is -3.33. The average molecular weight is 272 g/mol. The van der Waals surface area contributed by atoms with Gasteiger partial charge in [0.25, 0.3) is 0 Å². The Bertz CT molecular complexity index is 452. The minimum Gasteiger partial charge on any atom is -0.331 e. The maximum atomic E-state index is 12.4. The van der Waals surface area contributed by atoms with Crippen LogP contribution in [0.2, 0.25) is 0 Å². The summed E-state index contributed by atoms with van der Waals surface area (Å²) in [6, 6.07) is 4.37. The van der Waals surface area contributed by atoms with E-state index in [4.69, 9.17) is 0 Å². The van der Waals surface area contributed by atoms with E-state index in [1.807, 2.05) is 0 Å². The molecule has 19 heavy (non-hydrogen) atoms. The highest BCUT2D eigenvalue weighted by molar-refractivity contribution is 5.75. The smallest absolute Gasteiger partial charge is 0.331 e. The maximum Gasteiger partial charge on any atom is 0.416 e. The van der Waals surface area contributed by atoms with Crippen LogP contribution in [0.3, 0.4) is 0 Å². The first-order chi connectivity index (χ1) is 8.88. The Morgan fingerprint density at radius 1 is 1.26 bits per heavy atom. The normalized spacial score (nSPS) is 16.7. The molecule has 1 atom stereocenters. The first-order valence-electron chi connectivity index (χ1n) is 6.10. The quantitative estimate of drug-likeness (QED) is 0.881. The first kappa shape index (κ1) is 13.7. The number of hydrogen-bond acceptors (Lipinski definition) is 1. The van der Waals surface area contributed by atoms with Gasteiger partial charge in [-0.3, -0.25) is 0 Å². The van der Waals surface area contributed by atoms with Gasteiger partial charge < -0.3 is 10.2 Å². The number of halogens is 3. The van der Waals surface area contributed by atoms with E-state index in [9.17, 15) is 18.0 Å². The van der Waals surface area contributed by atoms with E-state index < -0.39 is 11.7 Å². The van der Waals surface area contributed by atoms with E-state index in [1.54, 1.807) is 11.8 Å². The number of carbonyl (C=O) groups excluding carboxylic acids is 1. The monoisotopic (exact) mass is 272 g/mol. The number of amides is 2. The highest BCUT2D eigenvalue weighted by Crippen LogP contribution is 2.29. The molecule has 0 saturated carbocycles. The SMILES string of the molecule is CC(NC(=O)N1CCC1)c1ccc(C(F)(F)F)cc1. The van der Waals surface area contributed by atoms with Gasteiger partial charge in [0.1, 0.15) is 0 Å². The Hall–Kier alpha value is -1.72. The Morgan fingerprint density at radius 2 is 1.84 bits per heavy atom. The topological polar surface area (TPSA) is 32.3 Å². The van der Waals surface area contributed by atoms with E-state index >= 15 is 0 Å². The van der Waals surface area contributed by atoms with E-state index in [0.717, 1.165) is 31.6 Å². The van der Waals surface area contributed by atoms with Crippen LogP contribution in [0.1, 0.15) is 30.5 Å². The van der Waals surface area contributed by atoms with Crippen LogP contribution >= 0.6 is 0 Å². The van der Waals surface area contributed by atoms with Crippen LogP contribution in [-0.2, 0) is 6.18 Å². The molecule has 0 spiro atoms. The van der Waals surface area contributed by atoms with E-state index in [2.05, 4.69) is 5.32 Å². The van der Waals surface area contributed by atoms with Gasteiger partial charge in [-0.2, -0.15) is 13.2 Å². The van der Waals surface area contributed by atoms with Crippen molar-refractivity contribution in [2.75, 3.05) is 13.1 Å². The Morgan fingerprint density at radius 3 is 2.26 bits per heavy atom. The molecule has 6 heteroatoms. The number of alkyl halides is 3. The molecular weight excluding hydrogens is 257 g/mol. The fourth-order valence-electron chi connectivity index (χ4n) is 1.84. The van der Waals surface area contributed by atoms with E-state index in [-0.39, 0.29) is 12.1 Å². The van der Waals surface area contributed by atoms with Gasteiger partial charge in [0.05, 0.1) is 11.6 Å². The highest BCUT2D eigenvalue weighted by Gasteiger charge is 2.30. The molecule has 1 aromatic carbocycles. The fraction of sp³-hybridized carbons (Fsp3) is 0.462. The second-order valence-corrected chi connectivity index (χ2v) is 4.63. The minimum atomic E-state index is -4.33. The van der Waals surface area contributed by atoms with Crippen molar-refractivity contribution in [1.82, 2.24) is 10.2 Å². The number of nitrogens with one attached hydrogen (secondary N) is 1. The molecule has 2 amide bonds. The predicted molar refractivity (Wildman–Crippen MR) is 64.6 cm³/mol. The third-order valence-corrected chi connectivity index (χ3v) is 3.22. The molecule has 1 N–H and O–H groups in total. The van der Waals surface area contributed by atoms with E-state index in [1.165, 1.54) is 12.1 Å². The maximum absolute atomic E-state index is 12.4. The summed E-state index contributed by atoms with van der Waals surface area (Å²) in [5.74, 6) is 0. The lowest BCUT2D eigenvalue weighted by Gasteiger charge is -2.32. The van der Waals surface area contributed by atoms with E-state index in [0.29, 0.717) is 5.56 Å². The lowest BCUT2D eigenvalue weighted by molar-refractivity contribution is -0.137. The lowest BCUT2D eigenvalue weighted by Crippen LogP contribution is -2.48. The Balaban J connectivity index is 1.99. The first-order valence-corrected chi connectivity index (χ1v) is 6.10. The van der Waals surface area contributed by atoms with Gasteiger partial charge in [0.15, 0.2) is 0 Å². The van der Waals surface area contributed by atoms with Crippen molar-refractivity contribution in [2.24, 2.45) is 0 Å². The van der Waals surface area contributed by atoms with Gasteiger partial charge >= 0.3 is 12.2 Å². The van der Waals surface area contributed by atoms with Gasteiger partial charge in [0, 0.05) is 13.1 Å². The van der Waals surface area contributed by atoms with Crippen LogP contribution in [0.25, 0.3) is 0 Å². The molecule has 1 aromatic rings. The second kappa shape index (κ2) is 5.11.